The summed E-state index contributed by atoms with van der Waals surface area (Å²) >= 11 is 2.29. The number of halogens is 1. The van der Waals surface area contributed by atoms with Crippen LogP contribution in [0.25, 0.3) is 0 Å². The maximum absolute atomic E-state index is 13.4. The molecule has 7 nitrogen and oxygen atoms in total. The van der Waals surface area contributed by atoms with Gasteiger partial charge in [-0.2, -0.15) is 0 Å². The first-order valence-electron chi connectivity index (χ1n) is 11.9. The molecule has 1 spiro atoms. The zero-order chi connectivity index (χ0) is 24.3. The summed E-state index contributed by atoms with van der Waals surface area (Å²) in [6, 6.07) is 7.58. The predicted octanol–water partition coefficient (Wildman–Crippen LogP) is 4.81. The first kappa shape index (κ1) is 23.8. The Kier molecular flexibility index (Phi) is 5.86. The molecule has 1 amide bonds. The molecule has 2 fully saturated rings. The quantitative estimate of drug-likeness (QED) is 0.514. The molecule has 182 valence electrons. The van der Waals surface area contributed by atoms with Crippen LogP contribution in [-0.2, 0) is 16.4 Å². The fraction of sp³-hybridized carbons (Fsp3) is 0.520. The van der Waals surface area contributed by atoms with Crippen LogP contribution in [0.4, 0.5) is 17.2 Å². The number of hydrogen-bond donors (Lipinski definition) is 1. The fourth-order valence-corrected chi connectivity index (χ4v) is 6.83. The van der Waals surface area contributed by atoms with Gasteiger partial charge in [0, 0.05) is 35.5 Å². The lowest BCUT2D eigenvalue weighted by Crippen LogP contribution is -2.42. The summed E-state index contributed by atoms with van der Waals surface area (Å²) in [5.41, 5.74) is 3.62. The second-order valence-corrected chi connectivity index (χ2v) is 14.6. The molecular formula is C25H31IN4O3S. The molecule has 1 aromatic heterocycles. The van der Waals surface area contributed by atoms with Crippen LogP contribution in [-0.4, -0.2) is 43.7 Å². The Labute approximate surface area is 215 Å². The second-order valence-electron chi connectivity index (χ2n) is 10.7. The number of carbonyl (C=O) groups excluding carboxylic acids is 1. The van der Waals surface area contributed by atoms with Gasteiger partial charge in [0.15, 0.2) is 0 Å². The highest BCUT2D eigenvalue weighted by molar-refractivity contribution is 14.1. The van der Waals surface area contributed by atoms with Crippen molar-refractivity contribution >= 4 is 55.7 Å². The van der Waals surface area contributed by atoms with E-state index < -0.39 is 14.8 Å². The predicted molar refractivity (Wildman–Crippen MR) is 144 cm³/mol. The number of amides is 1. The molecule has 0 unspecified atom stereocenters. The molecule has 0 bridgehead atoms. The van der Waals surface area contributed by atoms with Gasteiger partial charge in [0.2, 0.25) is 10.0 Å². The summed E-state index contributed by atoms with van der Waals surface area (Å²) in [5.74, 6) is 0.133. The highest BCUT2D eigenvalue weighted by Gasteiger charge is 2.44. The van der Waals surface area contributed by atoms with E-state index in [1.165, 1.54) is 30.0 Å². The molecule has 2 aromatic rings. The Bertz CT molecular complexity index is 1240. The van der Waals surface area contributed by atoms with E-state index in [1.807, 2.05) is 12.1 Å². The van der Waals surface area contributed by atoms with Crippen LogP contribution in [0.5, 0.6) is 0 Å². The molecule has 1 saturated heterocycles. The summed E-state index contributed by atoms with van der Waals surface area (Å²) in [6.07, 6.45) is 7.34. The third kappa shape index (κ3) is 4.29. The molecule has 1 aliphatic carbocycles. The van der Waals surface area contributed by atoms with E-state index in [4.69, 9.17) is 0 Å². The molecule has 3 heterocycles. The molecule has 1 N–H and O–H groups in total. The van der Waals surface area contributed by atoms with E-state index in [0.717, 1.165) is 27.9 Å². The summed E-state index contributed by atoms with van der Waals surface area (Å²) in [6.45, 7) is 7.44. The molecule has 5 rings (SSSR count). The van der Waals surface area contributed by atoms with Crippen LogP contribution in [0.3, 0.4) is 0 Å². The number of anilines is 3. The van der Waals surface area contributed by atoms with Crippen LogP contribution in [0, 0.1) is 8.99 Å². The van der Waals surface area contributed by atoms with Gasteiger partial charge in [-0.25, -0.2) is 13.4 Å². The summed E-state index contributed by atoms with van der Waals surface area (Å²) in [5, 5.41) is 2.93. The number of sulfonamides is 1. The number of pyridine rings is 1. The lowest BCUT2D eigenvalue weighted by Gasteiger charge is -2.35. The minimum atomic E-state index is -3.53. The van der Waals surface area contributed by atoms with Crippen molar-refractivity contribution in [2.45, 2.75) is 57.6 Å². The highest BCUT2D eigenvalue weighted by atomic mass is 127. The molecule has 2 aliphatic heterocycles. The minimum absolute atomic E-state index is 0.228. The second kappa shape index (κ2) is 8.36. The van der Waals surface area contributed by atoms with Crippen LogP contribution < -0.4 is 14.5 Å². The van der Waals surface area contributed by atoms with Gasteiger partial charge in [0.25, 0.3) is 5.91 Å². The number of fused-ring (bicyclic) bond motifs is 1. The van der Waals surface area contributed by atoms with Gasteiger partial charge >= 0.3 is 0 Å². The number of nitrogens with one attached hydrogen (secondary N) is 1. The molecule has 34 heavy (non-hydrogen) atoms. The molecule has 1 aromatic carbocycles. The number of aromatic nitrogens is 1. The zero-order valence-corrected chi connectivity index (χ0v) is 22.9. The van der Waals surface area contributed by atoms with Gasteiger partial charge < -0.3 is 10.2 Å². The fourth-order valence-electron chi connectivity index (χ4n) is 4.93. The summed E-state index contributed by atoms with van der Waals surface area (Å²) in [7, 11) is -3.53. The molecule has 9 heteroatoms. The Morgan fingerprint density at radius 3 is 2.41 bits per heavy atom. The van der Waals surface area contributed by atoms with Crippen molar-refractivity contribution < 1.29 is 13.2 Å². The molecule has 0 atom stereocenters. The number of hydrogen-bond acceptors (Lipinski definition) is 5. The Balaban J connectivity index is 1.39. The average molecular weight is 595 g/mol. The number of nitrogens with zero attached hydrogens (tertiary/aromatic N) is 3. The molecule has 3 aliphatic rings. The number of rotatable bonds is 4. The molecule has 0 radical (unpaired) electrons. The maximum Gasteiger partial charge on any atom is 0.258 e. The SMILES string of the molecule is CC(C)(C)S(=O)(=O)N1CCc2cnc(NC(=O)c3ccc(I)cc3N3CCC4(CC3)CC4)cc21. The number of piperidine rings is 1. The smallest absolute Gasteiger partial charge is 0.258 e. The molecular weight excluding hydrogens is 563 g/mol. The first-order valence-corrected chi connectivity index (χ1v) is 14.4. The zero-order valence-electron chi connectivity index (χ0n) is 19.9. The van der Waals surface area contributed by atoms with Crippen molar-refractivity contribution in [3.05, 3.63) is 45.2 Å². The van der Waals surface area contributed by atoms with Gasteiger partial charge in [-0.15, -0.1) is 0 Å². The lowest BCUT2D eigenvalue weighted by atomic mass is 9.93. The van der Waals surface area contributed by atoms with Crippen LogP contribution >= 0.6 is 22.6 Å². The third-order valence-corrected chi connectivity index (χ3v) is 10.6. The van der Waals surface area contributed by atoms with Crippen molar-refractivity contribution in [1.82, 2.24) is 4.98 Å². The van der Waals surface area contributed by atoms with Crippen molar-refractivity contribution in [1.29, 1.82) is 0 Å². The van der Waals surface area contributed by atoms with Crippen LogP contribution in [0.1, 0.15) is 62.4 Å². The Hall–Kier alpha value is -1.88. The summed E-state index contributed by atoms with van der Waals surface area (Å²) < 4.78 is 27.8. The van der Waals surface area contributed by atoms with Crippen molar-refractivity contribution in [3.63, 3.8) is 0 Å². The Morgan fingerprint density at radius 1 is 1.06 bits per heavy atom. The minimum Gasteiger partial charge on any atom is -0.371 e. The standard InChI is InChI=1S/C25H31IN4O3S/c1-24(2,3)34(32,33)30-11-6-17-16-27-22(15-20(17)30)28-23(31)19-5-4-18(26)14-21(19)29-12-9-25(7-8-25)10-13-29/h4-5,14-16H,6-13H2,1-3H3,(H,27,28,31). The monoisotopic (exact) mass is 594 g/mol. The normalized spacial score (nSPS) is 19.3. The van der Waals surface area contributed by atoms with Gasteiger partial charge in [0.05, 0.1) is 21.7 Å². The topological polar surface area (TPSA) is 82.6 Å². The lowest BCUT2D eigenvalue weighted by molar-refractivity contribution is 0.102. The van der Waals surface area contributed by atoms with Gasteiger partial charge in [-0.3, -0.25) is 9.10 Å². The van der Waals surface area contributed by atoms with Crippen molar-refractivity contribution in [2.24, 2.45) is 5.41 Å². The van der Waals surface area contributed by atoms with Gasteiger partial charge in [0.1, 0.15) is 5.82 Å². The van der Waals surface area contributed by atoms with Gasteiger partial charge in [-0.1, -0.05) is 0 Å². The van der Waals surface area contributed by atoms with Gasteiger partial charge in [-0.05, 0) is 105 Å². The largest absolute Gasteiger partial charge is 0.371 e. The van der Waals surface area contributed by atoms with E-state index in [1.54, 1.807) is 33.0 Å². The first-order chi connectivity index (χ1) is 16.0. The Morgan fingerprint density at radius 2 is 1.76 bits per heavy atom. The van der Waals surface area contributed by atoms with E-state index in [2.05, 4.69) is 43.9 Å². The van der Waals surface area contributed by atoms with Crippen molar-refractivity contribution in [2.75, 3.05) is 34.2 Å². The highest BCUT2D eigenvalue weighted by Crippen LogP contribution is 2.54. The van der Waals surface area contributed by atoms with E-state index in [9.17, 15) is 13.2 Å². The number of benzene rings is 1. The van der Waals surface area contributed by atoms with E-state index in [-0.39, 0.29) is 5.91 Å². The van der Waals surface area contributed by atoms with Crippen LogP contribution in [0.15, 0.2) is 30.5 Å². The van der Waals surface area contributed by atoms with E-state index in [0.29, 0.717) is 35.4 Å². The number of carbonyl (C=O) groups is 1. The molecule has 1 saturated carbocycles. The van der Waals surface area contributed by atoms with Crippen LogP contribution in [0.2, 0.25) is 0 Å². The summed E-state index contributed by atoms with van der Waals surface area (Å²) in [4.78, 5) is 20.1. The third-order valence-electron chi connectivity index (χ3n) is 7.45. The van der Waals surface area contributed by atoms with Crippen molar-refractivity contribution in [3.8, 4) is 0 Å². The average Bonchev–Trinajstić information content (AvgIpc) is 3.38. The maximum atomic E-state index is 13.4. The van der Waals surface area contributed by atoms with E-state index >= 15 is 0 Å².